The van der Waals surface area contributed by atoms with Crippen LogP contribution in [0.2, 0.25) is 0 Å². The Morgan fingerprint density at radius 2 is 1.83 bits per heavy atom. The third-order valence-corrected chi connectivity index (χ3v) is 4.45. The highest BCUT2D eigenvalue weighted by molar-refractivity contribution is 7.99. The van der Waals surface area contributed by atoms with Crippen LogP contribution in [0.25, 0.3) is 0 Å². The van der Waals surface area contributed by atoms with E-state index >= 15 is 0 Å². The van der Waals surface area contributed by atoms with Crippen LogP contribution in [0.1, 0.15) is 10.4 Å². The SMILES string of the molecule is CS(=O)(=O)Nc1cccc(C(=O)NCCSc2ccccc2)c1. The zero-order valence-electron chi connectivity index (χ0n) is 12.7. The second-order valence-electron chi connectivity index (χ2n) is 4.87. The molecule has 0 spiro atoms. The molecule has 0 bridgehead atoms. The molecular formula is C16H18N2O3S2. The number of thioether (sulfide) groups is 1. The maximum absolute atomic E-state index is 12.1. The minimum absolute atomic E-state index is 0.226. The molecule has 7 heteroatoms. The first-order chi connectivity index (χ1) is 10.9. The highest BCUT2D eigenvalue weighted by Gasteiger charge is 2.08. The van der Waals surface area contributed by atoms with Crippen molar-refractivity contribution in [3.05, 3.63) is 60.2 Å². The van der Waals surface area contributed by atoms with Gasteiger partial charge in [-0.1, -0.05) is 24.3 Å². The van der Waals surface area contributed by atoms with Crippen molar-refractivity contribution in [3.8, 4) is 0 Å². The van der Waals surface area contributed by atoms with Crippen LogP contribution in [0, 0.1) is 0 Å². The molecule has 2 rings (SSSR count). The number of rotatable bonds is 7. The summed E-state index contributed by atoms with van der Waals surface area (Å²) in [5.41, 5.74) is 0.794. The standard InChI is InChI=1S/C16H18N2O3S2/c1-23(20,21)18-14-7-5-6-13(12-14)16(19)17-10-11-22-15-8-3-2-4-9-15/h2-9,12,18H,10-11H2,1H3,(H,17,19). The molecule has 0 aliphatic carbocycles. The van der Waals surface area contributed by atoms with Crippen molar-refractivity contribution in [1.82, 2.24) is 5.32 Å². The molecule has 122 valence electrons. The van der Waals surface area contributed by atoms with E-state index in [0.29, 0.717) is 17.8 Å². The zero-order valence-corrected chi connectivity index (χ0v) is 14.3. The summed E-state index contributed by atoms with van der Waals surface area (Å²) in [6, 6.07) is 16.4. The Bertz CT molecular complexity index is 762. The lowest BCUT2D eigenvalue weighted by atomic mass is 10.2. The molecule has 5 nitrogen and oxygen atoms in total. The molecule has 0 aliphatic heterocycles. The molecule has 0 radical (unpaired) electrons. The van der Waals surface area contributed by atoms with Gasteiger partial charge in [-0.2, -0.15) is 0 Å². The number of benzene rings is 2. The topological polar surface area (TPSA) is 75.3 Å². The lowest BCUT2D eigenvalue weighted by Crippen LogP contribution is -2.25. The fourth-order valence-electron chi connectivity index (χ4n) is 1.89. The Morgan fingerprint density at radius 1 is 1.09 bits per heavy atom. The molecule has 0 aromatic heterocycles. The van der Waals surface area contributed by atoms with Crippen LogP contribution in [-0.4, -0.2) is 32.9 Å². The van der Waals surface area contributed by atoms with Crippen LogP contribution >= 0.6 is 11.8 Å². The second kappa shape index (κ2) is 8.03. The third-order valence-electron chi connectivity index (χ3n) is 2.83. The summed E-state index contributed by atoms with van der Waals surface area (Å²) in [5, 5.41) is 2.82. The minimum Gasteiger partial charge on any atom is -0.351 e. The van der Waals surface area contributed by atoms with Gasteiger partial charge in [0.15, 0.2) is 0 Å². The van der Waals surface area contributed by atoms with Crippen molar-refractivity contribution < 1.29 is 13.2 Å². The first-order valence-electron chi connectivity index (χ1n) is 6.98. The van der Waals surface area contributed by atoms with Crippen molar-refractivity contribution in [2.24, 2.45) is 0 Å². The smallest absolute Gasteiger partial charge is 0.251 e. The fourth-order valence-corrected chi connectivity index (χ4v) is 3.23. The lowest BCUT2D eigenvalue weighted by molar-refractivity contribution is 0.0956. The molecule has 0 unspecified atom stereocenters. The van der Waals surface area contributed by atoms with Crippen molar-refractivity contribution in [2.75, 3.05) is 23.3 Å². The van der Waals surface area contributed by atoms with E-state index in [1.807, 2.05) is 30.3 Å². The van der Waals surface area contributed by atoms with E-state index in [4.69, 9.17) is 0 Å². The quantitative estimate of drug-likeness (QED) is 0.594. The van der Waals surface area contributed by atoms with E-state index < -0.39 is 10.0 Å². The molecule has 0 saturated heterocycles. The molecule has 0 atom stereocenters. The van der Waals surface area contributed by atoms with Crippen molar-refractivity contribution in [2.45, 2.75) is 4.90 Å². The summed E-state index contributed by atoms with van der Waals surface area (Å²) in [5.74, 6) is 0.535. The molecule has 2 N–H and O–H groups in total. The summed E-state index contributed by atoms with van der Waals surface area (Å²) in [4.78, 5) is 13.2. The average molecular weight is 350 g/mol. The van der Waals surface area contributed by atoms with Gasteiger partial charge in [0.05, 0.1) is 6.26 Å². The van der Waals surface area contributed by atoms with E-state index in [2.05, 4.69) is 10.0 Å². The predicted molar refractivity (Wildman–Crippen MR) is 94.4 cm³/mol. The van der Waals surface area contributed by atoms with Crippen LogP contribution < -0.4 is 10.0 Å². The van der Waals surface area contributed by atoms with Crippen molar-refractivity contribution >= 4 is 33.4 Å². The Hall–Kier alpha value is -1.99. The van der Waals surface area contributed by atoms with Crippen LogP contribution in [-0.2, 0) is 10.0 Å². The summed E-state index contributed by atoms with van der Waals surface area (Å²) in [7, 11) is -3.36. The molecule has 23 heavy (non-hydrogen) atoms. The molecule has 0 fully saturated rings. The van der Waals surface area contributed by atoms with Gasteiger partial charge in [0.1, 0.15) is 0 Å². The highest BCUT2D eigenvalue weighted by Crippen LogP contribution is 2.16. The average Bonchev–Trinajstić information content (AvgIpc) is 2.51. The van der Waals surface area contributed by atoms with E-state index in [-0.39, 0.29) is 5.91 Å². The molecule has 1 amide bonds. The fraction of sp³-hybridized carbons (Fsp3) is 0.188. The minimum atomic E-state index is -3.36. The Morgan fingerprint density at radius 3 is 2.52 bits per heavy atom. The summed E-state index contributed by atoms with van der Waals surface area (Å²) >= 11 is 1.66. The number of hydrogen-bond donors (Lipinski definition) is 2. The maximum atomic E-state index is 12.1. The van der Waals surface area contributed by atoms with Gasteiger partial charge in [-0.25, -0.2) is 8.42 Å². The van der Waals surface area contributed by atoms with Crippen LogP contribution in [0.4, 0.5) is 5.69 Å². The van der Waals surface area contributed by atoms with Crippen LogP contribution in [0.15, 0.2) is 59.5 Å². The van der Waals surface area contributed by atoms with Gasteiger partial charge in [0.2, 0.25) is 10.0 Å². The van der Waals surface area contributed by atoms with Gasteiger partial charge in [-0.15, -0.1) is 11.8 Å². The number of amides is 1. The monoisotopic (exact) mass is 350 g/mol. The van der Waals surface area contributed by atoms with Crippen molar-refractivity contribution in [1.29, 1.82) is 0 Å². The maximum Gasteiger partial charge on any atom is 0.251 e. The highest BCUT2D eigenvalue weighted by atomic mass is 32.2. The molecule has 2 aromatic rings. The normalized spacial score (nSPS) is 11.0. The lowest BCUT2D eigenvalue weighted by Gasteiger charge is -2.08. The van der Waals surface area contributed by atoms with Gasteiger partial charge >= 0.3 is 0 Å². The molecule has 0 saturated carbocycles. The molecule has 2 aromatic carbocycles. The van der Waals surface area contributed by atoms with E-state index in [9.17, 15) is 13.2 Å². The van der Waals surface area contributed by atoms with E-state index in [1.165, 1.54) is 6.07 Å². The first kappa shape index (κ1) is 17.4. The van der Waals surface area contributed by atoms with E-state index in [1.54, 1.807) is 30.0 Å². The first-order valence-corrected chi connectivity index (χ1v) is 9.86. The van der Waals surface area contributed by atoms with Crippen LogP contribution in [0.5, 0.6) is 0 Å². The molecule has 0 aliphatic rings. The summed E-state index contributed by atoms with van der Waals surface area (Å²) in [6.07, 6.45) is 1.07. The predicted octanol–water partition coefficient (Wildman–Crippen LogP) is 2.58. The van der Waals surface area contributed by atoms with Gasteiger partial charge in [0.25, 0.3) is 5.91 Å². The van der Waals surface area contributed by atoms with Crippen LogP contribution in [0.3, 0.4) is 0 Å². The number of anilines is 1. The number of hydrogen-bond acceptors (Lipinski definition) is 4. The number of nitrogens with one attached hydrogen (secondary N) is 2. The molecular weight excluding hydrogens is 332 g/mol. The Kier molecular flexibility index (Phi) is 6.06. The largest absolute Gasteiger partial charge is 0.351 e. The second-order valence-corrected chi connectivity index (χ2v) is 7.79. The summed E-state index contributed by atoms with van der Waals surface area (Å²) < 4.78 is 24.8. The van der Waals surface area contributed by atoms with Crippen molar-refractivity contribution in [3.63, 3.8) is 0 Å². The van der Waals surface area contributed by atoms with Gasteiger partial charge in [-0.05, 0) is 30.3 Å². The third kappa shape index (κ3) is 6.33. The van der Waals surface area contributed by atoms with Gasteiger partial charge < -0.3 is 5.32 Å². The van der Waals surface area contributed by atoms with Gasteiger partial charge in [-0.3, -0.25) is 9.52 Å². The number of carbonyl (C=O) groups is 1. The number of sulfonamides is 1. The number of carbonyl (C=O) groups excluding carboxylic acids is 1. The van der Waals surface area contributed by atoms with E-state index in [0.717, 1.165) is 16.9 Å². The zero-order chi connectivity index (χ0) is 16.7. The Balaban J connectivity index is 1.85. The Labute approximate surface area is 140 Å². The molecule has 0 heterocycles. The van der Waals surface area contributed by atoms with Gasteiger partial charge in [0, 0.05) is 28.4 Å². The summed E-state index contributed by atoms with van der Waals surface area (Å²) in [6.45, 7) is 0.530.